The van der Waals surface area contributed by atoms with Crippen molar-refractivity contribution in [3.8, 4) is 11.8 Å². The third-order valence-electron chi connectivity index (χ3n) is 4.63. The van der Waals surface area contributed by atoms with Crippen LogP contribution in [0.2, 0.25) is 0 Å². The number of aromatic nitrogens is 2. The van der Waals surface area contributed by atoms with Crippen molar-refractivity contribution in [1.29, 1.82) is 5.26 Å². The minimum Gasteiger partial charge on any atom is -0.486 e. The Labute approximate surface area is 171 Å². The Balaban J connectivity index is 1.65. The fourth-order valence-electron chi connectivity index (χ4n) is 2.99. The highest BCUT2D eigenvalue weighted by molar-refractivity contribution is 5.94. The third kappa shape index (κ3) is 5.23. The van der Waals surface area contributed by atoms with E-state index in [1.54, 1.807) is 30.5 Å². The molecule has 0 N–H and O–H groups in total. The van der Waals surface area contributed by atoms with Gasteiger partial charge in [-0.3, -0.25) is 4.79 Å². The highest BCUT2D eigenvalue weighted by atomic mass is 16.5. The van der Waals surface area contributed by atoms with Crippen molar-refractivity contribution in [1.82, 2.24) is 14.5 Å². The van der Waals surface area contributed by atoms with Gasteiger partial charge in [-0.05, 0) is 48.4 Å². The van der Waals surface area contributed by atoms with Gasteiger partial charge in [0, 0.05) is 38.1 Å². The fourth-order valence-corrected chi connectivity index (χ4v) is 2.99. The van der Waals surface area contributed by atoms with E-state index in [1.165, 1.54) is 0 Å². The van der Waals surface area contributed by atoms with E-state index < -0.39 is 0 Å². The first kappa shape index (κ1) is 20.2. The molecule has 1 amide bonds. The van der Waals surface area contributed by atoms with E-state index in [-0.39, 0.29) is 5.91 Å². The second-order valence-corrected chi connectivity index (χ2v) is 6.80. The molecule has 0 radical (unpaired) electrons. The average molecular weight is 388 g/mol. The number of carbonyl (C=O) groups excluding carboxylic acids is 1. The molecule has 0 spiro atoms. The van der Waals surface area contributed by atoms with Crippen LogP contribution in [-0.2, 0) is 20.2 Å². The molecule has 0 bridgehead atoms. The molecule has 0 saturated carbocycles. The molecule has 0 aliphatic carbocycles. The maximum atomic E-state index is 13.0. The minimum absolute atomic E-state index is 0.0214. The van der Waals surface area contributed by atoms with Crippen LogP contribution in [0.3, 0.4) is 0 Å². The Morgan fingerprint density at radius 1 is 1.17 bits per heavy atom. The Bertz CT molecular complexity index is 985. The lowest BCUT2D eigenvalue weighted by Crippen LogP contribution is -2.31. The predicted molar refractivity (Wildman–Crippen MR) is 110 cm³/mol. The molecule has 0 aliphatic rings. The first-order valence-electron chi connectivity index (χ1n) is 9.58. The van der Waals surface area contributed by atoms with Crippen molar-refractivity contribution >= 4 is 5.91 Å². The van der Waals surface area contributed by atoms with Gasteiger partial charge in [0.15, 0.2) is 0 Å². The molecule has 3 rings (SSSR count). The number of rotatable bonds is 8. The second kappa shape index (κ2) is 9.56. The summed E-state index contributed by atoms with van der Waals surface area (Å²) in [5.41, 5.74) is 2.24. The number of carbonyl (C=O) groups is 1. The number of ether oxygens (including phenoxy) is 1. The van der Waals surface area contributed by atoms with E-state index in [0.29, 0.717) is 36.6 Å². The molecule has 0 unspecified atom stereocenters. The van der Waals surface area contributed by atoms with Crippen molar-refractivity contribution in [2.45, 2.75) is 26.5 Å². The monoisotopic (exact) mass is 388 g/mol. The SMILES string of the molecule is CCCN(Cc1ccc(C#N)cc1)C(=O)c1ccc(OCc2nccn2C)cc1. The van der Waals surface area contributed by atoms with E-state index in [4.69, 9.17) is 10.00 Å². The van der Waals surface area contributed by atoms with Gasteiger partial charge < -0.3 is 14.2 Å². The van der Waals surface area contributed by atoms with Crippen molar-refractivity contribution in [2.75, 3.05) is 6.54 Å². The largest absolute Gasteiger partial charge is 0.486 e. The van der Waals surface area contributed by atoms with Crippen LogP contribution in [0.25, 0.3) is 0 Å². The van der Waals surface area contributed by atoms with Gasteiger partial charge in [-0.25, -0.2) is 4.98 Å². The van der Waals surface area contributed by atoms with Crippen LogP contribution in [0.4, 0.5) is 0 Å². The lowest BCUT2D eigenvalue weighted by atomic mass is 10.1. The van der Waals surface area contributed by atoms with Crippen LogP contribution in [-0.4, -0.2) is 26.9 Å². The van der Waals surface area contributed by atoms with Gasteiger partial charge in [-0.15, -0.1) is 0 Å². The lowest BCUT2D eigenvalue weighted by Gasteiger charge is -2.22. The van der Waals surface area contributed by atoms with Crippen LogP contribution in [0.15, 0.2) is 60.9 Å². The predicted octanol–water partition coefficient (Wildman–Crippen LogP) is 3.92. The van der Waals surface area contributed by atoms with E-state index >= 15 is 0 Å². The summed E-state index contributed by atoms with van der Waals surface area (Å²) in [5.74, 6) is 1.51. The summed E-state index contributed by atoms with van der Waals surface area (Å²) in [6.07, 6.45) is 4.47. The van der Waals surface area contributed by atoms with Crippen molar-refractivity contribution in [3.63, 3.8) is 0 Å². The van der Waals surface area contributed by atoms with Gasteiger partial charge in [0.1, 0.15) is 18.2 Å². The molecule has 2 aromatic carbocycles. The molecular weight excluding hydrogens is 364 g/mol. The Kier molecular flexibility index (Phi) is 6.64. The maximum Gasteiger partial charge on any atom is 0.254 e. The first-order chi connectivity index (χ1) is 14.1. The second-order valence-electron chi connectivity index (χ2n) is 6.80. The summed E-state index contributed by atoms with van der Waals surface area (Å²) in [6.45, 7) is 3.59. The number of aryl methyl sites for hydroxylation is 1. The normalized spacial score (nSPS) is 10.4. The van der Waals surface area contributed by atoms with E-state index in [1.807, 2.05) is 53.9 Å². The van der Waals surface area contributed by atoms with Crippen molar-refractivity contribution in [3.05, 3.63) is 83.4 Å². The van der Waals surface area contributed by atoms with Gasteiger partial charge >= 0.3 is 0 Å². The molecule has 1 aromatic heterocycles. The van der Waals surface area contributed by atoms with Gasteiger partial charge in [0.05, 0.1) is 11.6 Å². The maximum absolute atomic E-state index is 13.0. The zero-order valence-corrected chi connectivity index (χ0v) is 16.7. The summed E-state index contributed by atoms with van der Waals surface area (Å²) in [4.78, 5) is 19.0. The molecule has 1 heterocycles. The molecule has 148 valence electrons. The topological polar surface area (TPSA) is 71.2 Å². The summed E-state index contributed by atoms with van der Waals surface area (Å²) in [7, 11) is 1.92. The van der Waals surface area contributed by atoms with Gasteiger partial charge in [-0.2, -0.15) is 5.26 Å². The Hall–Kier alpha value is -3.59. The first-order valence-corrected chi connectivity index (χ1v) is 9.58. The molecule has 0 atom stereocenters. The van der Waals surface area contributed by atoms with Gasteiger partial charge in [0.2, 0.25) is 0 Å². The van der Waals surface area contributed by atoms with Gasteiger partial charge in [-0.1, -0.05) is 19.1 Å². The molecule has 0 fully saturated rings. The molecule has 3 aromatic rings. The zero-order valence-electron chi connectivity index (χ0n) is 16.7. The van der Waals surface area contributed by atoms with Crippen molar-refractivity contribution < 1.29 is 9.53 Å². The summed E-state index contributed by atoms with van der Waals surface area (Å²) >= 11 is 0. The average Bonchev–Trinajstić information content (AvgIpc) is 3.17. The summed E-state index contributed by atoms with van der Waals surface area (Å²) < 4.78 is 7.66. The summed E-state index contributed by atoms with van der Waals surface area (Å²) in [6, 6.07) is 16.6. The molecule has 29 heavy (non-hydrogen) atoms. The number of amides is 1. The van der Waals surface area contributed by atoms with Gasteiger partial charge in [0.25, 0.3) is 5.91 Å². The van der Waals surface area contributed by atoms with Crippen LogP contribution in [0.1, 0.15) is 40.7 Å². The highest BCUT2D eigenvalue weighted by Gasteiger charge is 2.16. The highest BCUT2D eigenvalue weighted by Crippen LogP contribution is 2.17. The van der Waals surface area contributed by atoms with Crippen LogP contribution in [0, 0.1) is 11.3 Å². The fraction of sp³-hybridized carbons (Fsp3) is 0.261. The van der Waals surface area contributed by atoms with E-state index in [9.17, 15) is 4.79 Å². The van der Waals surface area contributed by atoms with Crippen molar-refractivity contribution in [2.24, 2.45) is 7.05 Å². The Morgan fingerprint density at radius 2 is 1.90 bits per heavy atom. The summed E-state index contributed by atoms with van der Waals surface area (Å²) in [5, 5.41) is 8.93. The lowest BCUT2D eigenvalue weighted by molar-refractivity contribution is 0.0743. The van der Waals surface area contributed by atoms with Crippen LogP contribution >= 0.6 is 0 Å². The minimum atomic E-state index is -0.0214. The standard InChI is InChI=1S/C23H24N4O2/c1-3-13-27(16-19-6-4-18(15-24)5-7-19)23(28)20-8-10-21(11-9-20)29-17-22-25-12-14-26(22)2/h4-12,14H,3,13,16-17H2,1-2H3. The number of imidazole rings is 1. The number of nitriles is 1. The molecule has 6 heteroatoms. The Morgan fingerprint density at radius 3 is 2.48 bits per heavy atom. The van der Waals surface area contributed by atoms with Crippen LogP contribution in [0.5, 0.6) is 5.75 Å². The molecule has 6 nitrogen and oxygen atoms in total. The third-order valence-corrected chi connectivity index (χ3v) is 4.63. The molecule has 0 saturated heterocycles. The zero-order chi connectivity index (χ0) is 20.6. The molecular formula is C23H24N4O2. The quantitative estimate of drug-likeness (QED) is 0.586. The van der Waals surface area contributed by atoms with E-state index in [0.717, 1.165) is 17.8 Å². The smallest absolute Gasteiger partial charge is 0.254 e. The number of nitrogens with zero attached hydrogens (tertiary/aromatic N) is 4. The number of benzene rings is 2. The number of hydrogen-bond donors (Lipinski definition) is 0. The van der Waals surface area contributed by atoms with E-state index in [2.05, 4.69) is 11.1 Å². The molecule has 0 aliphatic heterocycles. The number of hydrogen-bond acceptors (Lipinski definition) is 4. The van der Waals surface area contributed by atoms with Crippen LogP contribution < -0.4 is 4.74 Å².